The Morgan fingerprint density at radius 2 is 1.62 bits per heavy atom. The lowest BCUT2D eigenvalue weighted by atomic mass is 10.1. The molecule has 0 fully saturated rings. The van der Waals surface area contributed by atoms with Gasteiger partial charge in [0, 0.05) is 11.1 Å². The van der Waals surface area contributed by atoms with Crippen LogP contribution in [0.3, 0.4) is 0 Å². The van der Waals surface area contributed by atoms with Gasteiger partial charge in [0.05, 0.1) is 14.2 Å². The molecule has 0 heterocycles. The molecule has 0 saturated carbocycles. The molecule has 3 heteroatoms. The Labute approximate surface area is 77.3 Å². The number of hydrogen-bond donors (Lipinski definition) is 0. The molecule has 0 aliphatic heterocycles. The molecule has 0 unspecified atom stereocenters. The van der Waals surface area contributed by atoms with Gasteiger partial charge < -0.3 is 9.47 Å². The molecule has 1 aromatic carbocycles. The highest BCUT2D eigenvalue weighted by Crippen LogP contribution is 2.28. The maximum Gasteiger partial charge on any atom is 0.150 e. The summed E-state index contributed by atoms with van der Waals surface area (Å²) in [5, 5.41) is 0. The molecule has 0 aromatic heterocycles. The van der Waals surface area contributed by atoms with Gasteiger partial charge in [-0.15, -0.1) is 0 Å². The highest BCUT2D eigenvalue weighted by Gasteiger charge is 2.07. The Kier molecular flexibility index (Phi) is 2.90. The first-order chi connectivity index (χ1) is 6.22. The van der Waals surface area contributed by atoms with E-state index in [1.165, 1.54) is 0 Å². The van der Waals surface area contributed by atoms with E-state index in [0.717, 1.165) is 11.8 Å². The fourth-order valence-electron chi connectivity index (χ4n) is 1.17. The van der Waals surface area contributed by atoms with Gasteiger partial charge in [-0.2, -0.15) is 0 Å². The van der Waals surface area contributed by atoms with E-state index >= 15 is 0 Å². The van der Waals surface area contributed by atoms with E-state index in [0.29, 0.717) is 17.1 Å². The van der Waals surface area contributed by atoms with E-state index in [2.05, 4.69) is 0 Å². The average Bonchev–Trinajstić information content (AvgIpc) is 2.18. The molecule has 3 nitrogen and oxygen atoms in total. The first kappa shape index (κ1) is 9.58. The van der Waals surface area contributed by atoms with Gasteiger partial charge in [0.2, 0.25) is 0 Å². The largest absolute Gasteiger partial charge is 0.496 e. The molecule has 1 aromatic rings. The molecule has 0 atom stereocenters. The number of carbonyl (C=O) groups is 1. The minimum atomic E-state index is 0.555. The van der Waals surface area contributed by atoms with E-state index in [4.69, 9.17) is 9.47 Å². The van der Waals surface area contributed by atoms with Crippen LogP contribution in [0.15, 0.2) is 12.1 Å². The third-order valence-corrected chi connectivity index (χ3v) is 1.91. The predicted octanol–water partition coefficient (Wildman–Crippen LogP) is 1.82. The average molecular weight is 180 g/mol. The van der Waals surface area contributed by atoms with E-state index in [1.54, 1.807) is 26.4 Å². The smallest absolute Gasteiger partial charge is 0.150 e. The molecular weight excluding hydrogens is 168 g/mol. The van der Waals surface area contributed by atoms with Gasteiger partial charge in [-0.05, 0) is 19.1 Å². The van der Waals surface area contributed by atoms with Gasteiger partial charge in [-0.1, -0.05) is 0 Å². The second-order valence-electron chi connectivity index (χ2n) is 2.67. The number of benzene rings is 1. The lowest BCUT2D eigenvalue weighted by molar-refractivity contribution is 0.112. The summed E-state index contributed by atoms with van der Waals surface area (Å²) in [6.45, 7) is 1.88. The Morgan fingerprint density at radius 3 is 1.92 bits per heavy atom. The molecule has 0 N–H and O–H groups in total. The first-order valence-electron chi connectivity index (χ1n) is 3.90. The molecule has 0 radical (unpaired) electrons. The summed E-state index contributed by atoms with van der Waals surface area (Å²) in [7, 11) is 3.13. The van der Waals surface area contributed by atoms with Gasteiger partial charge >= 0.3 is 0 Å². The van der Waals surface area contributed by atoms with Crippen molar-refractivity contribution in [3.05, 3.63) is 23.3 Å². The van der Waals surface area contributed by atoms with E-state index in [9.17, 15) is 4.79 Å². The van der Waals surface area contributed by atoms with Gasteiger partial charge in [0.25, 0.3) is 0 Å². The van der Waals surface area contributed by atoms with Gasteiger partial charge in [0.1, 0.15) is 17.8 Å². The van der Waals surface area contributed by atoms with Crippen LogP contribution in [0.1, 0.15) is 15.9 Å². The zero-order valence-electron chi connectivity index (χ0n) is 7.96. The molecular formula is C10H12O3. The van der Waals surface area contributed by atoms with Crippen molar-refractivity contribution in [3.8, 4) is 11.5 Å². The third-order valence-electron chi connectivity index (χ3n) is 1.91. The van der Waals surface area contributed by atoms with E-state index in [1.807, 2.05) is 6.92 Å². The molecule has 0 aliphatic carbocycles. The van der Waals surface area contributed by atoms with E-state index in [-0.39, 0.29) is 0 Å². The van der Waals surface area contributed by atoms with Crippen LogP contribution >= 0.6 is 0 Å². The summed E-state index contributed by atoms with van der Waals surface area (Å²) in [6.07, 6.45) is 0.768. The molecule has 0 saturated heterocycles. The van der Waals surface area contributed by atoms with Gasteiger partial charge in [-0.3, -0.25) is 4.79 Å². The number of carbonyl (C=O) groups excluding carboxylic acids is 1. The Bertz CT molecular complexity index is 293. The first-order valence-corrected chi connectivity index (χ1v) is 3.90. The van der Waals surface area contributed by atoms with Crippen molar-refractivity contribution in [1.82, 2.24) is 0 Å². The van der Waals surface area contributed by atoms with Crippen LogP contribution in [0.25, 0.3) is 0 Å². The fraction of sp³-hybridized carbons (Fsp3) is 0.300. The molecule has 0 bridgehead atoms. The Balaban J connectivity index is 3.28. The van der Waals surface area contributed by atoms with Crippen molar-refractivity contribution < 1.29 is 14.3 Å². The summed E-state index contributed by atoms with van der Waals surface area (Å²) in [5.41, 5.74) is 1.45. The van der Waals surface area contributed by atoms with Crippen molar-refractivity contribution in [2.45, 2.75) is 6.92 Å². The predicted molar refractivity (Wildman–Crippen MR) is 49.7 cm³/mol. The number of methoxy groups -OCH3 is 2. The topological polar surface area (TPSA) is 35.5 Å². The third kappa shape index (κ3) is 1.80. The second-order valence-corrected chi connectivity index (χ2v) is 2.67. The van der Waals surface area contributed by atoms with Crippen molar-refractivity contribution in [2.24, 2.45) is 0 Å². The van der Waals surface area contributed by atoms with Crippen LogP contribution in [0, 0.1) is 6.92 Å². The van der Waals surface area contributed by atoms with Crippen molar-refractivity contribution in [3.63, 3.8) is 0 Å². The maximum absolute atomic E-state index is 10.5. The Morgan fingerprint density at radius 1 is 1.15 bits per heavy atom. The fourth-order valence-corrected chi connectivity index (χ4v) is 1.17. The lowest BCUT2D eigenvalue weighted by Crippen LogP contribution is -1.94. The summed E-state index contributed by atoms with van der Waals surface area (Å²) in [6, 6.07) is 3.37. The minimum Gasteiger partial charge on any atom is -0.496 e. The minimum absolute atomic E-state index is 0.555. The second kappa shape index (κ2) is 3.94. The summed E-state index contributed by atoms with van der Waals surface area (Å²) >= 11 is 0. The van der Waals surface area contributed by atoms with Crippen LogP contribution in [-0.2, 0) is 0 Å². The SMILES string of the molecule is COc1cc(C=O)cc(OC)c1C. The summed E-state index contributed by atoms with van der Waals surface area (Å²) in [5.74, 6) is 1.34. The quantitative estimate of drug-likeness (QED) is 0.665. The van der Waals surface area contributed by atoms with Crippen LogP contribution in [-0.4, -0.2) is 20.5 Å². The number of ether oxygens (including phenoxy) is 2. The highest BCUT2D eigenvalue weighted by atomic mass is 16.5. The number of aldehydes is 1. The molecule has 0 aliphatic rings. The maximum atomic E-state index is 10.5. The zero-order chi connectivity index (χ0) is 9.84. The molecule has 0 amide bonds. The normalized spacial score (nSPS) is 9.46. The zero-order valence-corrected chi connectivity index (χ0v) is 7.96. The van der Waals surface area contributed by atoms with Crippen molar-refractivity contribution in [1.29, 1.82) is 0 Å². The summed E-state index contributed by atoms with van der Waals surface area (Å²) in [4.78, 5) is 10.5. The standard InChI is InChI=1S/C10H12O3/c1-7-9(12-2)4-8(6-11)5-10(7)13-3/h4-6H,1-3H3. The molecule has 13 heavy (non-hydrogen) atoms. The van der Waals surface area contributed by atoms with Crippen LogP contribution < -0.4 is 9.47 Å². The molecule has 70 valence electrons. The molecule has 0 spiro atoms. The van der Waals surface area contributed by atoms with Crippen molar-refractivity contribution >= 4 is 6.29 Å². The van der Waals surface area contributed by atoms with Gasteiger partial charge in [0.15, 0.2) is 0 Å². The van der Waals surface area contributed by atoms with Crippen LogP contribution in [0.4, 0.5) is 0 Å². The van der Waals surface area contributed by atoms with Crippen molar-refractivity contribution in [2.75, 3.05) is 14.2 Å². The Hall–Kier alpha value is -1.51. The van der Waals surface area contributed by atoms with E-state index < -0.39 is 0 Å². The molecule has 1 rings (SSSR count). The van der Waals surface area contributed by atoms with Crippen LogP contribution in [0.2, 0.25) is 0 Å². The lowest BCUT2D eigenvalue weighted by Gasteiger charge is -2.09. The monoisotopic (exact) mass is 180 g/mol. The number of rotatable bonds is 3. The summed E-state index contributed by atoms with van der Waals surface area (Å²) < 4.78 is 10.2. The number of hydrogen-bond acceptors (Lipinski definition) is 3. The highest BCUT2D eigenvalue weighted by molar-refractivity contribution is 5.77. The van der Waals surface area contributed by atoms with Gasteiger partial charge in [-0.25, -0.2) is 0 Å². The van der Waals surface area contributed by atoms with Crippen LogP contribution in [0.5, 0.6) is 11.5 Å².